The Kier molecular flexibility index (Phi) is 6.67. The molecular formula is C22H32N6O2. The second kappa shape index (κ2) is 9.06. The summed E-state index contributed by atoms with van der Waals surface area (Å²) in [5.74, 6) is 0.755. The Labute approximate surface area is 176 Å². The van der Waals surface area contributed by atoms with Crippen LogP contribution in [0.1, 0.15) is 63.5 Å². The molecule has 2 aromatic heterocycles. The van der Waals surface area contributed by atoms with Crippen molar-refractivity contribution in [1.82, 2.24) is 30.1 Å². The molecule has 1 atom stereocenters. The lowest BCUT2D eigenvalue weighted by molar-refractivity contribution is 0.123. The van der Waals surface area contributed by atoms with Crippen molar-refractivity contribution in [2.75, 3.05) is 13.2 Å². The largest absolute Gasteiger partial charge is 0.395 e. The third-order valence-electron chi connectivity index (χ3n) is 5.27. The molecule has 0 aliphatic carbocycles. The highest BCUT2D eigenvalue weighted by Crippen LogP contribution is 2.28. The number of fused-ring (bicyclic) bond motifs is 1. The van der Waals surface area contributed by atoms with Gasteiger partial charge in [0.05, 0.1) is 18.2 Å². The lowest BCUT2D eigenvalue weighted by Gasteiger charge is -2.32. The first-order valence-electron chi connectivity index (χ1n) is 10.5. The summed E-state index contributed by atoms with van der Waals surface area (Å²) in [5, 5.41) is 23.2. The van der Waals surface area contributed by atoms with Crippen molar-refractivity contribution in [2.45, 2.75) is 65.6 Å². The number of hydrogen-bond acceptors (Lipinski definition) is 6. The van der Waals surface area contributed by atoms with Gasteiger partial charge in [-0.1, -0.05) is 25.0 Å². The molecule has 0 saturated heterocycles. The Bertz CT molecular complexity index is 1050. The Morgan fingerprint density at radius 2 is 2.03 bits per heavy atom. The number of aliphatic hydroxyl groups excluding tert-OH is 1. The molecule has 8 heteroatoms. The van der Waals surface area contributed by atoms with Gasteiger partial charge in [-0.3, -0.25) is 9.69 Å². The van der Waals surface area contributed by atoms with E-state index in [9.17, 15) is 9.90 Å². The smallest absolute Gasteiger partial charge is 0.252 e. The number of tetrazole rings is 1. The zero-order valence-corrected chi connectivity index (χ0v) is 18.5. The summed E-state index contributed by atoms with van der Waals surface area (Å²) in [7, 11) is 0. The molecule has 1 unspecified atom stereocenters. The van der Waals surface area contributed by atoms with Gasteiger partial charge in [-0.05, 0) is 68.1 Å². The van der Waals surface area contributed by atoms with E-state index in [2.05, 4.69) is 59.2 Å². The average Bonchev–Trinajstić information content (AvgIpc) is 3.16. The topological polar surface area (TPSA) is 99.9 Å². The number of H-pyrrole nitrogens is 1. The molecule has 30 heavy (non-hydrogen) atoms. The maximum absolute atomic E-state index is 12.8. The summed E-state index contributed by atoms with van der Waals surface area (Å²) in [6.07, 6.45) is 1.75. The van der Waals surface area contributed by atoms with E-state index in [1.807, 2.05) is 29.8 Å². The van der Waals surface area contributed by atoms with Gasteiger partial charge in [0.15, 0.2) is 5.82 Å². The molecule has 162 valence electrons. The Balaban J connectivity index is 2.01. The third-order valence-corrected chi connectivity index (χ3v) is 5.27. The highest BCUT2D eigenvalue weighted by Gasteiger charge is 2.29. The highest BCUT2D eigenvalue weighted by atomic mass is 16.3. The summed E-state index contributed by atoms with van der Waals surface area (Å²) in [6, 6.07) is 7.82. The Morgan fingerprint density at radius 3 is 2.70 bits per heavy atom. The van der Waals surface area contributed by atoms with Gasteiger partial charge in [-0.15, -0.1) is 5.10 Å². The van der Waals surface area contributed by atoms with E-state index in [-0.39, 0.29) is 23.7 Å². The van der Waals surface area contributed by atoms with Crippen LogP contribution < -0.4 is 5.56 Å². The molecule has 3 rings (SSSR count). The summed E-state index contributed by atoms with van der Waals surface area (Å²) >= 11 is 0. The monoisotopic (exact) mass is 412 g/mol. The highest BCUT2D eigenvalue weighted by molar-refractivity contribution is 5.79. The molecule has 0 fully saturated rings. The summed E-state index contributed by atoms with van der Waals surface area (Å²) in [4.78, 5) is 17.8. The zero-order valence-electron chi connectivity index (χ0n) is 18.5. The fourth-order valence-electron chi connectivity index (χ4n) is 3.81. The fourth-order valence-corrected chi connectivity index (χ4v) is 3.81. The van der Waals surface area contributed by atoms with Gasteiger partial charge in [0.25, 0.3) is 5.56 Å². The van der Waals surface area contributed by atoms with Crippen LogP contribution in [0, 0.1) is 6.92 Å². The normalized spacial score (nSPS) is 13.3. The molecular weight excluding hydrogens is 380 g/mol. The first kappa shape index (κ1) is 22.1. The molecule has 0 radical (unpaired) electrons. The minimum Gasteiger partial charge on any atom is -0.395 e. The molecule has 0 saturated carbocycles. The van der Waals surface area contributed by atoms with Crippen LogP contribution in [-0.4, -0.2) is 48.3 Å². The number of aryl methyl sites for hydroxylation is 1. The first-order chi connectivity index (χ1) is 14.2. The lowest BCUT2D eigenvalue weighted by Crippen LogP contribution is -2.37. The van der Waals surface area contributed by atoms with Crippen LogP contribution in [0.25, 0.3) is 10.9 Å². The van der Waals surface area contributed by atoms with Gasteiger partial charge in [0.2, 0.25) is 0 Å². The van der Waals surface area contributed by atoms with Crippen molar-refractivity contribution >= 4 is 10.9 Å². The van der Waals surface area contributed by atoms with E-state index in [0.717, 1.165) is 35.1 Å². The number of aromatic nitrogens is 5. The van der Waals surface area contributed by atoms with Gasteiger partial charge >= 0.3 is 0 Å². The molecule has 8 nitrogen and oxygen atoms in total. The lowest BCUT2D eigenvalue weighted by atomic mass is 10.0. The quantitative estimate of drug-likeness (QED) is 0.590. The van der Waals surface area contributed by atoms with Crippen LogP contribution in [0.2, 0.25) is 0 Å². The number of benzene rings is 1. The molecule has 0 amide bonds. The molecule has 0 spiro atoms. The second-order valence-corrected chi connectivity index (χ2v) is 8.83. The van der Waals surface area contributed by atoms with Crippen molar-refractivity contribution in [3.05, 3.63) is 51.6 Å². The fraction of sp³-hybridized carbons (Fsp3) is 0.545. The summed E-state index contributed by atoms with van der Waals surface area (Å²) in [5.41, 5.74) is 2.25. The number of aliphatic hydroxyl groups is 1. The van der Waals surface area contributed by atoms with Crippen LogP contribution in [-0.2, 0) is 12.1 Å². The molecule has 0 aliphatic rings. The van der Waals surface area contributed by atoms with Crippen molar-refractivity contribution < 1.29 is 5.11 Å². The minimum absolute atomic E-state index is 0.0120. The number of hydrogen-bond donors (Lipinski definition) is 2. The second-order valence-electron chi connectivity index (χ2n) is 8.83. The van der Waals surface area contributed by atoms with Crippen LogP contribution in [0.15, 0.2) is 29.1 Å². The standard InChI is InChI=1S/C22H32N6O2/c1-6-7-19(20-24-25-26-28(20)22(3,4)5)27(10-11-29)14-17-13-16-12-15(2)8-9-18(16)23-21(17)30/h8-9,12-13,19,29H,6-7,10-11,14H2,1-5H3,(H,23,30). The average molecular weight is 413 g/mol. The van der Waals surface area contributed by atoms with Crippen molar-refractivity contribution in [3.8, 4) is 0 Å². The van der Waals surface area contributed by atoms with E-state index < -0.39 is 0 Å². The van der Waals surface area contributed by atoms with Gasteiger partial charge in [0.1, 0.15) is 0 Å². The first-order valence-corrected chi connectivity index (χ1v) is 10.5. The van der Waals surface area contributed by atoms with E-state index in [0.29, 0.717) is 18.7 Å². The number of nitrogens with one attached hydrogen (secondary N) is 1. The number of rotatable bonds is 8. The van der Waals surface area contributed by atoms with E-state index in [1.54, 1.807) is 0 Å². The predicted molar refractivity (Wildman–Crippen MR) is 117 cm³/mol. The molecule has 2 heterocycles. The van der Waals surface area contributed by atoms with Crippen molar-refractivity contribution in [1.29, 1.82) is 0 Å². The van der Waals surface area contributed by atoms with Gasteiger partial charge < -0.3 is 10.1 Å². The Hall–Kier alpha value is -2.58. The maximum Gasteiger partial charge on any atom is 0.252 e. The van der Waals surface area contributed by atoms with Gasteiger partial charge in [-0.2, -0.15) is 0 Å². The van der Waals surface area contributed by atoms with Crippen molar-refractivity contribution in [3.63, 3.8) is 0 Å². The van der Waals surface area contributed by atoms with Crippen LogP contribution in [0.5, 0.6) is 0 Å². The van der Waals surface area contributed by atoms with Crippen LogP contribution >= 0.6 is 0 Å². The molecule has 3 aromatic rings. The molecule has 1 aromatic carbocycles. The number of pyridine rings is 1. The van der Waals surface area contributed by atoms with E-state index in [1.165, 1.54) is 0 Å². The predicted octanol–water partition coefficient (Wildman–Crippen LogP) is 2.91. The zero-order chi connectivity index (χ0) is 21.9. The van der Waals surface area contributed by atoms with Crippen molar-refractivity contribution in [2.24, 2.45) is 0 Å². The molecule has 0 bridgehead atoms. The third kappa shape index (κ3) is 4.76. The summed E-state index contributed by atoms with van der Waals surface area (Å²) in [6.45, 7) is 11.1. The van der Waals surface area contributed by atoms with E-state index >= 15 is 0 Å². The van der Waals surface area contributed by atoms with Crippen LogP contribution in [0.4, 0.5) is 0 Å². The minimum atomic E-state index is -0.270. The number of nitrogens with zero attached hydrogens (tertiary/aromatic N) is 5. The van der Waals surface area contributed by atoms with Gasteiger partial charge in [0, 0.05) is 24.2 Å². The molecule has 2 N–H and O–H groups in total. The van der Waals surface area contributed by atoms with Gasteiger partial charge in [-0.25, -0.2) is 4.68 Å². The maximum atomic E-state index is 12.8. The number of aromatic amines is 1. The molecule has 0 aliphatic heterocycles. The van der Waals surface area contributed by atoms with Crippen LogP contribution in [0.3, 0.4) is 0 Å². The summed E-state index contributed by atoms with van der Waals surface area (Å²) < 4.78 is 1.84. The van der Waals surface area contributed by atoms with E-state index in [4.69, 9.17) is 0 Å². The SMILES string of the molecule is CCCC(c1nnnn1C(C)(C)C)N(CCO)Cc1cc2cc(C)ccc2[nH]c1=O. The Morgan fingerprint density at radius 1 is 1.27 bits per heavy atom.